The van der Waals surface area contributed by atoms with E-state index in [1.165, 1.54) is 0 Å². The number of nitrogens with one attached hydrogen (secondary N) is 1. The zero-order valence-corrected chi connectivity index (χ0v) is 13.2. The quantitative estimate of drug-likeness (QED) is 0.633. The van der Waals surface area contributed by atoms with Gasteiger partial charge in [0.25, 0.3) is 5.91 Å². The highest BCUT2D eigenvalue weighted by Crippen LogP contribution is 2.34. The van der Waals surface area contributed by atoms with E-state index in [9.17, 15) is 14.4 Å². The monoisotopic (exact) mass is 365 g/mol. The molecule has 2 amide bonds. The lowest BCUT2D eigenvalue weighted by Crippen LogP contribution is -2.36. The highest BCUT2D eigenvalue weighted by molar-refractivity contribution is 9.10. The van der Waals surface area contributed by atoms with E-state index in [-0.39, 0.29) is 12.3 Å². The topological polar surface area (TPSA) is 88.1 Å². The average Bonchev–Trinajstić information content (AvgIpc) is 3.02. The van der Waals surface area contributed by atoms with Crippen molar-refractivity contribution in [3.63, 3.8) is 0 Å². The predicted molar refractivity (Wildman–Crippen MR) is 81.1 cm³/mol. The Labute approximate surface area is 134 Å². The van der Waals surface area contributed by atoms with Gasteiger partial charge in [0.15, 0.2) is 5.71 Å². The Morgan fingerprint density at radius 3 is 2.77 bits per heavy atom. The fourth-order valence-electron chi connectivity index (χ4n) is 2.53. The van der Waals surface area contributed by atoms with Crippen molar-refractivity contribution < 1.29 is 19.1 Å². The first-order chi connectivity index (χ1) is 10.6. The predicted octanol–water partition coefficient (Wildman–Crippen LogP) is 0.829. The molecule has 0 unspecified atom stereocenters. The Bertz CT molecular complexity index is 703. The van der Waals surface area contributed by atoms with Crippen LogP contribution in [0.2, 0.25) is 0 Å². The molecule has 1 N–H and O–H groups in total. The van der Waals surface area contributed by atoms with Crippen molar-refractivity contribution in [1.29, 1.82) is 0 Å². The lowest BCUT2D eigenvalue weighted by molar-refractivity contribution is -0.136. The number of nitrogens with zero attached hydrogens (tertiary/aromatic N) is 2. The lowest BCUT2D eigenvalue weighted by atomic mass is 9.99. The number of esters is 1. The number of fused-ring (bicyclic) bond motifs is 1. The molecule has 1 aromatic carbocycles. The Hall–Kier alpha value is -2.22. The third-order valence-electron chi connectivity index (χ3n) is 3.50. The number of halogens is 1. The molecule has 2 heterocycles. The number of carbonyl (C=O) groups is 3. The minimum atomic E-state index is -0.946. The number of benzene rings is 1. The van der Waals surface area contributed by atoms with Gasteiger partial charge in [0.05, 0.1) is 12.3 Å². The smallest absolute Gasteiger partial charge is 0.355 e. The first kappa shape index (κ1) is 14.7. The van der Waals surface area contributed by atoms with Gasteiger partial charge in [-0.3, -0.25) is 15.0 Å². The van der Waals surface area contributed by atoms with Crippen LogP contribution in [0.3, 0.4) is 0 Å². The summed E-state index contributed by atoms with van der Waals surface area (Å²) in [5.74, 6) is -2.56. The molecule has 22 heavy (non-hydrogen) atoms. The van der Waals surface area contributed by atoms with Crippen LogP contribution in [0.15, 0.2) is 33.8 Å². The summed E-state index contributed by atoms with van der Waals surface area (Å²) in [7, 11) is 0. The fraction of sp³-hybridized carbons (Fsp3) is 0.286. The van der Waals surface area contributed by atoms with E-state index < -0.39 is 29.7 Å². The molecule has 8 heteroatoms. The summed E-state index contributed by atoms with van der Waals surface area (Å²) >= 11 is 3.32. The molecule has 0 spiro atoms. The second kappa shape index (κ2) is 5.53. The van der Waals surface area contributed by atoms with Gasteiger partial charge < -0.3 is 4.74 Å². The first-order valence-electron chi connectivity index (χ1n) is 6.68. The molecule has 2 aliphatic rings. The Kier molecular flexibility index (Phi) is 3.69. The molecule has 0 saturated carbocycles. The van der Waals surface area contributed by atoms with Crippen LogP contribution in [0.5, 0.6) is 0 Å². The maximum Gasteiger partial charge on any atom is 0.355 e. The number of ether oxygens (including phenoxy) is 1. The maximum atomic E-state index is 12.6. The molecule has 0 radical (unpaired) electrons. The van der Waals surface area contributed by atoms with Gasteiger partial charge in [-0.1, -0.05) is 12.1 Å². The van der Waals surface area contributed by atoms with Crippen LogP contribution < -0.4 is 10.3 Å². The molecule has 7 nitrogen and oxygen atoms in total. The number of imide groups is 1. The number of carbonyl (C=O) groups excluding carboxylic acids is 3. The van der Waals surface area contributed by atoms with Crippen LogP contribution >= 0.6 is 15.9 Å². The summed E-state index contributed by atoms with van der Waals surface area (Å²) in [6, 6.07) is 6.03. The molecule has 2 atom stereocenters. The largest absolute Gasteiger partial charge is 0.461 e. The average molecular weight is 366 g/mol. The number of hydrazone groups is 1. The number of rotatable bonds is 3. The Morgan fingerprint density at radius 2 is 2.09 bits per heavy atom. The van der Waals surface area contributed by atoms with Gasteiger partial charge in [0, 0.05) is 4.47 Å². The van der Waals surface area contributed by atoms with E-state index in [1.807, 2.05) is 0 Å². The minimum Gasteiger partial charge on any atom is -0.461 e. The highest BCUT2D eigenvalue weighted by Gasteiger charge is 2.56. The molecule has 0 bridgehead atoms. The van der Waals surface area contributed by atoms with Gasteiger partial charge in [0.2, 0.25) is 5.91 Å². The Balaban J connectivity index is 1.95. The number of amides is 2. The van der Waals surface area contributed by atoms with Crippen LogP contribution in [0, 0.1) is 5.92 Å². The molecule has 0 aromatic heterocycles. The van der Waals surface area contributed by atoms with Gasteiger partial charge in [-0.05, 0) is 35.0 Å². The van der Waals surface area contributed by atoms with Gasteiger partial charge in [0.1, 0.15) is 12.0 Å². The van der Waals surface area contributed by atoms with Crippen LogP contribution in [0.25, 0.3) is 0 Å². The molecule has 0 aliphatic carbocycles. The molecule has 1 saturated heterocycles. The summed E-state index contributed by atoms with van der Waals surface area (Å²) in [5.41, 5.74) is 2.95. The number of anilines is 1. The normalized spacial score (nSPS) is 23.2. The lowest BCUT2D eigenvalue weighted by Gasteiger charge is -2.17. The van der Waals surface area contributed by atoms with E-state index in [1.54, 1.807) is 31.2 Å². The summed E-state index contributed by atoms with van der Waals surface area (Å²) in [6.45, 7) is 1.83. The first-order valence-corrected chi connectivity index (χ1v) is 7.48. The van der Waals surface area contributed by atoms with Gasteiger partial charge in [-0.15, -0.1) is 0 Å². The third kappa shape index (κ3) is 2.10. The number of hydrogen-bond acceptors (Lipinski definition) is 6. The number of hydrogen-bond donors (Lipinski definition) is 1. The Morgan fingerprint density at radius 1 is 1.36 bits per heavy atom. The minimum absolute atomic E-state index is 0.0558. The third-order valence-corrected chi connectivity index (χ3v) is 4.17. The van der Waals surface area contributed by atoms with Crippen molar-refractivity contribution in [2.24, 2.45) is 11.0 Å². The molecule has 1 fully saturated rings. The zero-order valence-electron chi connectivity index (χ0n) is 11.6. The second-order valence-electron chi connectivity index (χ2n) is 4.77. The molecule has 3 rings (SSSR count). The van der Waals surface area contributed by atoms with Crippen LogP contribution in [0.4, 0.5) is 5.69 Å². The molecular formula is C14H12BrN3O4. The molecule has 114 valence electrons. The standard InChI is InChI=1S/C14H12BrN3O4/c1-2-22-14(21)11-9-10(16-17-11)13(20)18(12(9)19)8-6-4-3-5-7(8)15/h3-6,9-10,16H,2H2,1H3/t9-,10+/m1/s1. The van der Waals surface area contributed by atoms with Crippen LogP contribution in [0.1, 0.15) is 6.92 Å². The van der Waals surface area contributed by atoms with Crippen molar-refractivity contribution in [2.45, 2.75) is 13.0 Å². The maximum absolute atomic E-state index is 12.6. The highest BCUT2D eigenvalue weighted by atomic mass is 79.9. The van der Waals surface area contributed by atoms with Gasteiger partial charge >= 0.3 is 5.97 Å². The summed E-state index contributed by atoms with van der Waals surface area (Å²) in [6.07, 6.45) is 0. The SMILES string of the molecule is CCOC(=O)C1=NN[C@@H]2C(=O)N(c3ccccc3Br)C(=O)[C@@H]12. The second-order valence-corrected chi connectivity index (χ2v) is 5.62. The van der Waals surface area contributed by atoms with Crippen LogP contribution in [-0.4, -0.2) is 36.1 Å². The van der Waals surface area contributed by atoms with Crippen molar-refractivity contribution >= 4 is 45.1 Å². The van der Waals surface area contributed by atoms with E-state index in [0.717, 1.165) is 4.90 Å². The molecule has 2 aliphatic heterocycles. The zero-order chi connectivity index (χ0) is 15.9. The van der Waals surface area contributed by atoms with Crippen molar-refractivity contribution in [2.75, 3.05) is 11.5 Å². The summed E-state index contributed by atoms with van der Waals surface area (Å²) in [4.78, 5) is 38.0. The van der Waals surface area contributed by atoms with Gasteiger partial charge in [-0.25, -0.2) is 9.69 Å². The summed E-state index contributed by atoms with van der Waals surface area (Å²) in [5, 5.41) is 3.80. The molecular weight excluding hydrogens is 354 g/mol. The van der Waals surface area contributed by atoms with E-state index in [4.69, 9.17) is 4.74 Å². The van der Waals surface area contributed by atoms with Crippen molar-refractivity contribution in [1.82, 2.24) is 5.43 Å². The van der Waals surface area contributed by atoms with Crippen LogP contribution in [-0.2, 0) is 19.1 Å². The van der Waals surface area contributed by atoms with E-state index >= 15 is 0 Å². The van der Waals surface area contributed by atoms with E-state index in [2.05, 4.69) is 26.5 Å². The van der Waals surface area contributed by atoms with Gasteiger partial charge in [-0.2, -0.15) is 5.10 Å². The van der Waals surface area contributed by atoms with Crippen molar-refractivity contribution in [3.05, 3.63) is 28.7 Å². The fourth-order valence-corrected chi connectivity index (χ4v) is 3.00. The van der Waals surface area contributed by atoms with E-state index in [0.29, 0.717) is 10.2 Å². The summed E-state index contributed by atoms with van der Waals surface area (Å²) < 4.78 is 5.50. The number of para-hydroxylation sites is 1. The van der Waals surface area contributed by atoms with Crippen molar-refractivity contribution in [3.8, 4) is 0 Å². The molecule has 1 aromatic rings.